The summed E-state index contributed by atoms with van der Waals surface area (Å²) in [6.45, 7) is 5.58. The second-order valence-corrected chi connectivity index (χ2v) is 5.50. The number of halogens is 1. The summed E-state index contributed by atoms with van der Waals surface area (Å²) in [6, 6.07) is 7.14. The zero-order valence-corrected chi connectivity index (χ0v) is 11.3. The second-order valence-electron chi connectivity index (χ2n) is 5.06. The Morgan fingerprint density at radius 3 is 2.72 bits per heavy atom. The lowest BCUT2D eigenvalue weighted by Crippen LogP contribution is -2.33. The molecule has 1 aromatic heterocycles. The molecule has 2 aromatic rings. The highest BCUT2D eigenvalue weighted by atomic mass is 35.5. The number of hydrogen-bond donors (Lipinski definition) is 2. The highest BCUT2D eigenvalue weighted by molar-refractivity contribution is 6.31. The number of fused-ring (bicyclic) bond motifs is 1. The summed E-state index contributed by atoms with van der Waals surface area (Å²) >= 11 is 5.89. The van der Waals surface area contributed by atoms with Crippen LogP contribution in [0.2, 0.25) is 5.02 Å². The van der Waals surface area contributed by atoms with Crippen molar-refractivity contribution in [3.63, 3.8) is 0 Å². The Balaban J connectivity index is 2.18. The molecule has 2 rings (SSSR count). The third-order valence-electron chi connectivity index (χ3n) is 2.28. The summed E-state index contributed by atoms with van der Waals surface area (Å²) in [5.74, 6) is -0.308. The number of carbonyl (C=O) groups excluding carboxylic acids is 1. The number of benzene rings is 1. The Morgan fingerprint density at radius 1 is 1.33 bits per heavy atom. The van der Waals surface area contributed by atoms with Crippen molar-refractivity contribution in [1.82, 2.24) is 10.5 Å². The Bertz CT molecular complexity index is 584. The minimum absolute atomic E-state index is 0.308. The maximum absolute atomic E-state index is 11.8. The van der Waals surface area contributed by atoms with E-state index in [0.29, 0.717) is 10.7 Å². The summed E-state index contributed by atoms with van der Waals surface area (Å²) in [6.07, 6.45) is 0. The van der Waals surface area contributed by atoms with Gasteiger partial charge < -0.3 is 4.98 Å². The van der Waals surface area contributed by atoms with Crippen molar-refractivity contribution < 1.29 is 9.63 Å². The number of rotatable bonds is 2. The molecule has 0 aliphatic rings. The summed E-state index contributed by atoms with van der Waals surface area (Å²) in [5, 5.41) is 1.53. The van der Waals surface area contributed by atoms with Crippen molar-refractivity contribution in [3.05, 3.63) is 35.0 Å². The highest BCUT2D eigenvalue weighted by Crippen LogP contribution is 2.20. The van der Waals surface area contributed by atoms with Gasteiger partial charge in [-0.25, -0.2) is 5.48 Å². The summed E-state index contributed by atoms with van der Waals surface area (Å²) < 4.78 is 0. The first-order chi connectivity index (χ1) is 8.35. The van der Waals surface area contributed by atoms with Crippen LogP contribution in [-0.2, 0) is 4.84 Å². The Kier molecular flexibility index (Phi) is 3.32. The molecule has 1 amide bonds. The van der Waals surface area contributed by atoms with Crippen molar-refractivity contribution in [3.8, 4) is 0 Å². The fourth-order valence-corrected chi connectivity index (χ4v) is 1.66. The lowest BCUT2D eigenvalue weighted by Gasteiger charge is -2.18. The molecule has 0 saturated carbocycles. The maximum Gasteiger partial charge on any atom is 0.291 e. The van der Waals surface area contributed by atoms with E-state index in [9.17, 15) is 4.79 Å². The molecule has 0 aliphatic heterocycles. The van der Waals surface area contributed by atoms with Crippen molar-refractivity contribution in [2.45, 2.75) is 26.4 Å². The standard InChI is InChI=1S/C13H15ClN2O2/c1-13(2,3)18-16-12(17)11-7-8-6-9(14)4-5-10(8)15-11/h4-7,15H,1-3H3,(H,16,17). The van der Waals surface area contributed by atoms with Crippen LogP contribution in [0.5, 0.6) is 0 Å². The molecule has 0 bridgehead atoms. The SMILES string of the molecule is CC(C)(C)ONC(=O)c1cc2cc(Cl)ccc2[nH]1. The van der Waals surface area contributed by atoms with Crippen LogP contribution in [0.15, 0.2) is 24.3 Å². The fourth-order valence-electron chi connectivity index (χ4n) is 1.48. The average Bonchev–Trinajstić information content (AvgIpc) is 2.67. The number of H-pyrrole nitrogens is 1. The highest BCUT2D eigenvalue weighted by Gasteiger charge is 2.15. The van der Waals surface area contributed by atoms with Crippen LogP contribution in [0.1, 0.15) is 31.3 Å². The smallest absolute Gasteiger partial charge is 0.291 e. The van der Waals surface area contributed by atoms with E-state index in [4.69, 9.17) is 16.4 Å². The minimum Gasteiger partial charge on any atom is -0.350 e. The number of hydrogen-bond acceptors (Lipinski definition) is 2. The Labute approximate surface area is 110 Å². The molecule has 1 heterocycles. The molecule has 0 radical (unpaired) electrons. The van der Waals surface area contributed by atoms with Crippen LogP contribution in [0.4, 0.5) is 0 Å². The van der Waals surface area contributed by atoms with E-state index in [1.165, 1.54) is 0 Å². The molecule has 96 valence electrons. The topological polar surface area (TPSA) is 54.1 Å². The van der Waals surface area contributed by atoms with Gasteiger partial charge in [-0.1, -0.05) is 11.6 Å². The van der Waals surface area contributed by atoms with Gasteiger partial charge in [0.05, 0.1) is 5.60 Å². The van der Waals surface area contributed by atoms with Gasteiger partial charge in [0.15, 0.2) is 0 Å². The first-order valence-electron chi connectivity index (χ1n) is 5.62. The van der Waals surface area contributed by atoms with E-state index in [1.807, 2.05) is 26.8 Å². The molecule has 0 spiro atoms. The maximum atomic E-state index is 11.8. The number of hydroxylamine groups is 1. The predicted molar refractivity (Wildman–Crippen MR) is 71.6 cm³/mol. The molecule has 2 N–H and O–H groups in total. The molecule has 0 aliphatic carbocycles. The summed E-state index contributed by atoms with van der Waals surface area (Å²) in [4.78, 5) is 20.1. The zero-order valence-electron chi connectivity index (χ0n) is 10.5. The van der Waals surface area contributed by atoms with E-state index >= 15 is 0 Å². The number of nitrogens with one attached hydrogen (secondary N) is 2. The predicted octanol–water partition coefficient (Wildman–Crippen LogP) is 3.28. The van der Waals surface area contributed by atoms with Gasteiger partial charge in [-0.3, -0.25) is 9.63 Å². The fraction of sp³-hybridized carbons (Fsp3) is 0.308. The van der Waals surface area contributed by atoms with Crippen LogP contribution >= 0.6 is 11.6 Å². The van der Waals surface area contributed by atoms with Gasteiger partial charge in [0.2, 0.25) is 0 Å². The molecule has 0 unspecified atom stereocenters. The van der Waals surface area contributed by atoms with Crippen LogP contribution < -0.4 is 5.48 Å². The monoisotopic (exact) mass is 266 g/mol. The van der Waals surface area contributed by atoms with Crippen LogP contribution in [0.25, 0.3) is 10.9 Å². The van der Waals surface area contributed by atoms with Gasteiger partial charge in [-0.05, 0) is 45.0 Å². The third-order valence-corrected chi connectivity index (χ3v) is 2.51. The van der Waals surface area contributed by atoms with Crippen molar-refractivity contribution >= 4 is 28.4 Å². The number of aromatic nitrogens is 1. The van der Waals surface area contributed by atoms with Gasteiger partial charge in [0.1, 0.15) is 5.69 Å². The average molecular weight is 267 g/mol. The number of carbonyl (C=O) groups is 1. The van der Waals surface area contributed by atoms with E-state index in [0.717, 1.165) is 10.9 Å². The molecule has 1 aromatic carbocycles. The zero-order chi connectivity index (χ0) is 13.3. The molecule has 18 heavy (non-hydrogen) atoms. The van der Waals surface area contributed by atoms with Gasteiger partial charge in [-0.15, -0.1) is 0 Å². The molecule has 0 atom stereocenters. The van der Waals surface area contributed by atoms with Gasteiger partial charge in [0, 0.05) is 15.9 Å². The molecular weight excluding hydrogens is 252 g/mol. The quantitative estimate of drug-likeness (QED) is 0.820. The largest absolute Gasteiger partial charge is 0.350 e. The van der Waals surface area contributed by atoms with Crippen LogP contribution in [0, 0.1) is 0 Å². The normalized spacial score (nSPS) is 11.8. The Morgan fingerprint density at radius 2 is 2.06 bits per heavy atom. The Hall–Kier alpha value is -1.52. The number of amides is 1. The van der Waals surface area contributed by atoms with Gasteiger partial charge in [0.25, 0.3) is 5.91 Å². The van der Waals surface area contributed by atoms with E-state index < -0.39 is 5.60 Å². The van der Waals surface area contributed by atoms with Crippen molar-refractivity contribution in [1.29, 1.82) is 0 Å². The lowest BCUT2D eigenvalue weighted by atomic mass is 10.2. The van der Waals surface area contributed by atoms with Gasteiger partial charge >= 0.3 is 0 Å². The molecule has 5 heteroatoms. The van der Waals surface area contributed by atoms with Crippen molar-refractivity contribution in [2.75, 3.05) is 0 Å². The molecular formula is C13H15ClN2O2. The van der Waals surface area contributed by atoms with Crippen LogP contribution in [0.3, 0.4) is 0 Å². The number of aromatic amines is 1. The summed E-state index contributed by atoms with van der Waals surface area (Å²) in [7, 11) is 0. The van der Waals surface area contributed by atoms with E-state index in [1.54, 1.807) is 18.2 Å². The van der Waals surface area contributed by atoms with Crippen molar-refractivity contribution in [2.24, 2.45) is 0 Å². The minimum atomic E-state index is -0.426. The molecule has 0 fully saturated rings. The van der Waals surface area contributed by atoms with Gasteiger partial charge in [-0.2, -0.15) is 0 Å². The molecule has 4 nitrogen and oxygen atoms in total. The van der Waals surface area contributed by atoms with E-state index in [2.05, 4.69) is 10.5 Å². The second kappa shape index (κ2) is 4.63. The first-order valence-corrected chi connectivity index (χ1v) is 5.99. The first kappa shape index (κ1) is 12.9. The third kappa shape index (κ3) is 3.03. The molecule has 0 saturated heterocycles. The lowest BCUT2D eigenvalue weighted by molar-refractivity contribution is -0.0591. The van der Waals surface area contributed by atoms with Crippen LogP contribution in [-0.4, -0.2) is 16.5 Å². The summed E-state index contributed by atoms with van der Waals surface area (Å²) in [5.41, 5.74) is 3.29. The van der Waals surface area contributed by atoms with E-state index in [-0.39, 0.29) is 5.91 Å².